The molecule has 3 rings (SSSR count). The topological polar surface area (TPSA) is 72.3 Å². The summed E-state index contributed by atoms with van der Waals surface area (Å²) in [5, 5.41) is 9.10. The zero-order valence-electron chi connectivity index (χ0n) is 11.7. The highest BCUT2D eigenvalue weighted by molar-refractivity contribution is 5.71. The molecule has 0 aliphatic heterocycles. The number of hydrogen-bond donors (Lipinski definition) is 1. The first-order chi connectivity index (χ1) is 10.2. The van der Waals surface area contributed by atoms with Crippen LogP contribution in [0.4, 0.5) is 0 Å². The normalized spacial score (nSPS) is 17.1. The SMILES string of the molecule is COc1cccc(-c2ncc3c(n2)CCC(C(=O)O)C3)c1. The van der Waals surface area contributed by atoms with E-state index in [-0.39, 0.29) is 5.92 Å². The van der Waals surface area contributed by atoms with Crippen molar-refractivity contribution in [3.63, 3.8) is 0 Å². The van der Waals surface area contributed by atoms with E-state index in [1.54, 1.807) is 13.3 Å². The van der Waals surface area contributed by atoms with Gasteiger partial charge >= 0.3 is 5.97 Å². The summed E-state index contributed by atoms with van der Waals surface area (Å²) in [6.07, 6.45) is 3.60. The van der Waals surface area contributed by atoms with Gasteiger partial charge < -0.3 is 9.84 Å². The fraction of sp³-hybridized carbons (Fsp3) is 0.312. The van der Waals surface area contributed by atoms with Crippen molar-refractivity contribution in [2.75, 3.05) is 7.11 Å². The summed E-state index contributed by atoms with van der Waals surface area (Å²) >= 11 is 0. The number of hydrogen-bond acceptors (Lipinski definition) is 4. The van der Waals surface area contributed by atoms with Crippen LogP contribution in [0.3, 0.4) is 0 Å². The van der Waals surface area contributed by atoms with Crippen molar-refractivity contribution in [2.45, 2.75) is 19.3 Å². The van der Waals surface area contributed by atoms with Crippen LogP contribution in [0.25, 0.3) is 11.4 Å². The van der Waals surface area contributed by atoms with Gasteiger partial charge in [-0.3, -0.25) is 4.79 Å². The van der Waals surface area contributed by atoms with Gasteiger partial charge in [0.25, 0.3) is 0 Å². The van der Waals surface area contributed by atoms with Gasteiger partial charge in [0, 0.05) is 17.5 Å². The molecule has 1 aliphatic rings. The Labute approximate surface area is 122 Å². The third kappa shape index (κ3) is 2.72. The van der Waals surface area contributed by atoms with Gasteiger partial charge in [-0.2, -0.15) is 0 Å². The van der Waals surface area contributed by atoms with Crippen LogP contribution in [-0.2, 0) is 17.6 Å². The summed E-state index contributed by atoms with van der Waals surface area (Å²) in [6.45, 7) is 0. The maximum atomic E-state index is 11.1. The van der Waals surface area contributed by atoms with Crippen molar-refractivity contribution in [2.24, 2.45) is 5.92 Å². The summed E-state index contributed by atoms with van der Waals surface area (Å²) in [6, 6.07) is 7.61. The van der Waals surface area contributed by atoms with Crippen molar-refractivity contribution < 1.29 is 14.6 Å². The predicted molar refractivity (Wildman–Crippen MR) is 77.2 cm³/mol. The molecule has 0 spiro atoms. The lowest BCUT2D eigenvalue weighted by Crippen LogP contribution is -2.23. The Kier molecular flexibility index (Phi) is 3.56. The standard InChI is InChI=1S/C16H16N2O3/c1-21-13-4-2-3-10(8-13)15-17-9-12-7-11(16(19)20)5-6-14(12)18-15/h2-4,8-9,11H,5-7H2,1H3,(H,19,20). The molecule has 0 saturated carbocycles. The molecule has 1 aliphatic carbocycles. The summed E-state index contributed by atoms with van der Waals surface area (Å²) in [7, 11) is 1.62. The Morgan fingerprint density at radius 1 is 1.43 bits per heavy atom. The van der Waals surface area contributed by atoms with Crippen LogP contribution in [0.1, 0.15) is 17.7 Å². The van der Waals surface area contributed by atoms with Crippen molar-refractivity contribution in [3.8, 4) is 17.1 Å². The fourth-order valence-electron chi connectivity index (χ4n) is 2.62. The second-order valence-corrected chi connectivity index (χ2v) is 5.18. The Balaban J connectivity index is 1.91. The molecule has 0 saturated heterocycles. The van der Waals surface area contributed by atoms with Gasteiger partial charge in [-0.25, -0.2) is 9.97 Å². The molecule has 1 heterocycles. The molecule has 0 bridgehead atoms. The molecule has 2 aromatic rings. The Hall–Kier alpha value is -2.43. The van der Waals surface area contributed by atoms with E-state index in [1.165, 1.54) is 0 Å². The van der Waals surface area contributed by atoms with E-state index in [2.05, 4.69) is 9.97 Å². The van der Waals surface area contributed by atoms with Crippen molar-refractivity contribution >= 4 is 5.97 Å². The number of nitrogens with zero attached hydrogens (tertiary/aromatic N) is 2. The monoisotopic (exact) mass is 284 g/mol. The number of aryl methyl sites for hydroxylation is 1. The number of fused-ring (bicyclic) bond motifs is 1. The number of carboxylic acids is 1. The quantitative estimate of drug-likeness (QED) is 0.936. The van der Waals surface area contributed by atoms with Crippen LogP contribution < -0.4 is 4.74 Å². The van der Waals surface area contributed by atoms with E-state index in [4.69, 9.17) is 9.84 Å². The van der Waals surface area contributed by atoms with Gasteiger partial charge in [-0.05, 0) is 37.0 Å². The van der Waals surface area contributed by atoms with Gasteiger partial charge in [-0.1, -0.05) is 12.1 Å². The molecule has 5 nitrogen and oxygen atoms in total. The summed E-state index contributed by atoms with van der Waals surface area (Å²) in [5.41, 5.74) is 2.80. The lowest BCUT2D eigenvalue weighted by Gasteiger charge is -2.20. The molecular weight excluding hydrogens is 268 g/mol. The summed E-state index contributed by atoms with van der Waals surface area (Å²) in [5.74, 6) is 0.363. The van der Waals surface area contributed by atoms with E-state index in [0.717, 1.165) is 22.6 Å². The molecule has 108 valence electrons. The van der Waals surface area contributed by atoms with Crippen molar-refractivity contribution in [1.29, 1.82) is 0 Å². The minimum atomic E-state index is -0.738. The zero-order chi connectivity index (χ0) is 14.8. The van der Waals surface area contributed by atoms with Gasteiger partial charge in [0.15, 0.2) is 5.82 Å². The Morgan fingerprint density at radius 2 is 2.29 bits per heavy atom. The van der Waals surface area contributed by atoms with Gasteiger partial charge in [0.2, 0.25) is 0 Å². The first kappa shape index (κ1) is 13.5. The van der Waals surface area contributed by atoms with Gasteiger partial charge in [0.05, 0.1) is 13.0 Å². The maximum absolute atomic E-state index is 11.1. The van der Waals surface area contributed by atoms with Crippen molar-refractivity contribution in [1.82, 2.24) is 9.97 Å². The first-order valence-corrected chi connectivity index (χ1v) is 6.89. The van der Waals surface area contributed by atoms with E-state index in [1.807, 2.05) is 24.3 Å². The highest BCUT2D eigenvalue weighted by Crippen LogP contribution is 2.27. The van der Waals surface area contributed by atoms with Crippen LogP contribution in [0.2, 0.25) is 0 Å². The van der Waals surface area contributed by atoms with E-state index < -0.39 is 5.97 Å². The predicted octanol–water partition coefficient (Wildman–Crippen LogP) is 2.34. The average molecular weight is 284 g/mol. The van der Waals surface area contributed by atoms with Crippen LogP contribution in [-0.4, -0.2) is 28.2 Å². The Morgan fingerprint density at radius 3 is 3.05 bits per heavy atom. The van der Waals surface area contributed by atoms with Gasteiger partial charge in [-0.15, -0.1) is 0 Å². The number of carbonyl (C=O) groups is 1. The zero-order valence-corrected chi connectivity index (χ0v) is 11.7. The molecule has 0 fully saturated rings. The number of rotatable bonds is 3. The largest absolute Gasteiger partial charge is 0.497 e. The summed E-state index contributed by atoms with van der Waals surface area (Å²) < 4.78 is 5.21. The van der Waals surface area contributed by atoms with Crippen LogP contribution >= 0.6 is 0 Å². The molecule has 1 aromatic heterocycles. The molecule has 1 atom stereocenters. The number of methoxy groups -OCH3 is 1. The van der Waals surface area contributed by atoms with Crippen molar-refractivity contribution in [3.05, 3.63) is 41.7 Å². The molecule has 1 N–H and O–H groups in total. The van der Waals surface area contributed by atoms with Gasteiger partial charge in [0.1, 0.15) is 5.75 Å². The third-order valence-electron chi connectivity index (χ3n) is 3.83. The molecule has 5 heteroatoms. The second-order valence-electron chi connectivity index (χ2n) is 5.18. The van der Waals surface area contributed by atoms with E-state index in [0.29, 0.717) is 25.1 Å². The lowest BCUT2D eigenvalue weighted by molar-refractivity contribution is -0.142. The smallest absolute Gasteiger partial charge is 0.306 e. The molecule has 0 amide bonds. The highest BCUT2D eigenvalue weighted by Gasteiger charge is 2.25. The molecule has 21 heavy (non-hydrogen) atoms. The van der Waals surface area contributed by atoms with Crippen LogP contribution in [0.15, 0.2) is 30.5 Å². The highest BCUT2D eigenvalue weighted by atomic mass is 16.5. The molecule has 1 unspecified atom stereocenters. The number of carboxylic acid groups (broad SMARTS) is 1. The number of aromatic nitrogens is 2. The van der Waals surface area contributed by atoms with Crippen LogP contribution in [0.5, 0.6) is 5.75 Å². The molecule has 1 aromatic carbocycles. The Bertz CT molecular complexity index is 685. The molecule has 0 radical (unpaired) electrons. The first-order valence-electron chi connectivity index (χ1n) is 6.89. The minimum absolute atomic E-state index is 0.316. The lowest BCUT2D eigenvalue weighted by atomic mass is 9.87. The third-order valence-corrected chi connectivity index (χ3v) is 3.83. The molecular formula is C16H16N2O3. The average Bonchev–Trinajstić information content (AvgIpc) is 2.53. The summed E-state index contributed by atoms with van der Waals surface area (Å²) in [4.78, 5) is 20.0. The minimum Gasteiger partial charge on any atom is -0.497 e. The second kappa shape index (κ2) is 5.52. The maximum Gasteiger partial charge on any atom is 0.306 e. The van der Waals surface area contributed by atoms with E-state index >= 15 is 0 Å². The number of benzene rings is 1. The van der Waals surface area contributed by atoms with E-state index in [9.17, 15) is 4.79 Å². The van der Waals surface area contributed by atoms with Crippen LogP contribution in [0, 0.1) is 5.92 Å². The fourth-order valence-corrected chi connectivity index (χ4v) is 2.62. The number of aliphatic carboxylic acids is 1. The number of ether oxygens (including phenoxy) is 1.